The topological polar surface area (TPSA) is 78.3 Å². The number of carbonyl (C=O) groups excluding carboxylic acids is 1. The lowest BCUT2D eigenvalue weighted by atomic mass is 9.85. The van der Waals surface area contributed by atoms with Crippen molar-refractivity contribution in [3.05, 3.63) is 69.3 Å². The average molecular weight is 555 g/mol. The minimum Gasteiger partial charge on any atom is -0.493 e. The second kappa shape index (κ2) is 10.5. The summed E-state index contributed by atoms with van der Waals surface area (Å²) >= 11 is 5.13. The predicted octanol–water partition coefficient (Wildman–Crippen LogP) is 6.15. The molecule has 182 valence electrons. The number of hydrogen-bond donors (Lipinski definition) is 1. The maximum atomic E-state index is 13.1. The zero-order chi connectivity index (χ0) is 24.4. The van der Waals surface area contributed by atoms with Crippen LogP contribution in [0.2, 0.25) is 0 Å². The Balaban J connectivity index is 1.49. The molecule has 1 aliphatic carbocycles. The number of Topliss-reactive ketones (excluding diaryl/α,β-unsaturated/α-hetero) is 1. The van der Waals surface area contributed by atoms with E-state index in [1.54, 1.807) is 18.9 Å². The molecule has 2 heterocycles. The Hall–Kier alpha value is -2.78. The first kappa shape index (κ1) is 23.9. The third-order valence-electron chi connectivity index (χ3n) is 6.07. The summed E-state index contributed by atoms with van der Waals surface area (Å²) in [6.07, 6.45) is 3.25. The number of aromatic nitrogens is 3. The highest BCUT2D eigenvalue weighted by Crippen LogP contribution is 2.42. The number of ether oxygens (including phenoxy) is 2. The van der Waals surface area contributed by atoms with Crippen molar-refractivity contribution in [2.75, 3.05) is 18.2 Å². The molecule has 7 nitrogen and oxygen atoms in total. The fourth-order valence-corrected chi connectivity index (χ4v) is 5.59. The molecular weight excluding hydrogens is 528 g/mol. The van der Waals surface area contributed by atoms with Gasteiger partial charge in [-0.25, -0.2) is 4.68 Å². The molecule has 1 unspecified atom stereocenters. The van der Waals surface area contributed by atoms with E-state index in [4.69, 9.17) is 19.6 Å². The summed E-state index contributed by atoms with van der Waals surface area (Å²) in [5.41, 5.74) is 3.69. The molecule has 5 rings (SSSR count). The fourth-order valence-electron chi connectivity index (χ4n) is 4.46. The second-order valence-electron chi connectivity index (χ2n) is 8.54. The lowest BCUT2D eigenvalue weighted by Gasteiger charge is -2.32. The molecule has 1 N–H and O–H groups in total. The molecule has 0 saturated heterocycles. The third kappa shape index (κ3) is 4.97. The minimum atomic E-state index is -0.356. The number of thioether (sulfide) groups is 1. The van der Waals surface area contributed by atoms with E-state index in [1.165, 1.54) is 0 Å². The number of methoxy groups -OCH3 is 1. The zero-order valence-corrected chi connectivity index (χ0v) is 22.1. The number of halogens is 1. The van der Waals surface area contributed by atoms with E-state index in [-0.39, 0.29) is 11.8 Å². The maximum Gasteiger partial charge on any atom is 0.227 e. The highest BCUT2D eigenvalue weighted by atomic mass is 79.9. The third-order valence-corrected chi connectivity index (χ3v) is 7.61. The van der Waals surface area contributed by atoms with Crippen LogP contribution in [-0.4, -0.2) is 33.4 Å². The molecule has 0 bridgehead atoms. The molecule has 3 aromatic rings. The Morgan fingerprint density at radius 3 is 2.89 bits per heavy atom. The van der Waals surface area contributed by atoms with Crippen molar-refractivity contribution in [2.45, 2.75) is 50.4 Å². The van der Waals surface area contributed by atoms with Crippen molar-refractivity contribution < 1.29 is 14.3 Å². The number of benzene rings is 2. The molecular formula is C26H27BrN4O3S. The van der Waals surface area contributed by atoms with Crippen LogP contribution in [0.25, 0.3) is 0 Å². The van der Waals surface area contributed by atoms with Crippen molar-refractivity contribution in [1.82, 2.24) is 14.8 Å². The number of allylic oxidation sites excluding steroid dienone is 2. The minimum absolute atomic E-state index is 0.154. The first-order valence-electron chi connectivity index (χ1n) is 11.7. The van der Waals surface area contributed by atoms with Gasteiger partial charge in [0.25, 0.3) is 0 Å². The number of nitrogens with zero attached hydrogens (tertiary/aromatic N) is 3. The molecule has 35 heavy (non-hydrogen) atoms. The molecule has 2 aliphatic rings. The summed E-state index contributed by atoms with van der Waals surface area (Å²) in [7, 11) is 1.63. The first-order chi connectivity index (χ1) is 17.1. The fraction of sp³-hybridized carbons (Fsp3) is 0.346. The SMILES string of the molecule is CCCSc1nc2n(n1)C(c1ccc(OCc3cccc(Br)c3)c(OC)c1)C1=C(CCCC1=O)N2. The lowest BCUT2D eigenvalue weighted by Crippen LogP contribution is -2.31. The number of anilines is 1. The van der Waals surface area contributed by atoms with Crippen LogP contribution in [0.3, 0.4) is 0 Å². The Kier molecular flexibility index (Phi) is 7.15. The van der Waals surface area contributed by atoms with E-state index in [0.29, 0.717) is 35.6 Å². The van der Waals surface area contributed by atoms with E-state index in [2.05, 4.69) is 28.2 Å². The van der Waals surface area contributed by atoms with Crippen molar-refractivity contribution in [3.63, 3.8) is 0 Å². The number of fused-ring (bicyclic) bond motifs is 1. The van der Waals surface area contributed by atoms with Gasteiger partial charge in [0, 0.05) is 27.9 Å². The molecule has 1 atom stereocenters. The van der Waals surface area contributed by atoms with Crippen LogP contribution in [-0.2, 0) is 11.4 Å². The van der Waals surface area contributed by atoms with E-state index in [0.717, 1.165) is 51.9 Å². The summed E-state index contributed by atoms with van der Waals surface area (Å²) in [4.78, 5) is 17.8. The Morgan fingerprint density at radius 1 is 1.20 bits per heavy atom. The van der Waals surface area contributed by atoms with Gasteiger partial charge in [0.2, 0.25) is 11.1 Å². The van der Waals surface area contributed by atoms with Gasteiger partial charge in [-0.2, -0.15) is 4.98 Å². The highest BCUT2D eigenvalue weighted by molar-refractivity contribution is 9.10. The Bertz CT molecular complexity index is 1290. The zero-order valence-electron chi connectivity index (χ0n) is 19.7. The van der Waals surface area contributed by atoms with E-state index >= 15 is 0 Å². The van der Waals surface area contributed by atoms with Crippen LogP contribution in [0.1, 0.15) is 49.8 Å². The van der Waals surface area contributed by atoms with Gasteiger partial charge in [-0.15, -0.1) is 5.10 Å². The van der Waals surface area contributed by atoms with Crippen LogP contribution in [0.4, 0.5) is 5.95 Å². The van der Waals surface area contributed by atoms with Gasteiger partial charge < -0.3 is 14.8 Å². The summed E-state index contributed by atoms with van der Waals surface area (Å²) in [5.74, 6) is 3.03. The molecule has 1 aliphatic heterocycles. The Morgan fingerprint density at radius 2 is 2.09 bits per heavy atom. The van der Waals surface area contributed by atoms with Gasteiger partial charge in [0.1, 0.15) is 12.6 Å². The standard InChI is InChI=1S/C26H27BrN4O3S/c1-3-12-35-26-29-25-28-19-8-5-9-20(32)23(19)24(31(25)30-26)17-10-11-21(22(14-17)33-2)34-15-16-6-4-7-18(27)13-16/h4,6-7,10-11,13-14,24H,3,5,8-9,12,15H2,1-2H3,(H,28,29,30). The van der Waals surface area contributed by atoms with Crippen molar-refractivity contribution in [2.24, 2.45) is 0 Å². The van der Waals surface area contributed by atoms with Crippen molar-refractivity contribution >= 4 is 39.4 Å². The number of ketones is 1. The molecule has 0 fully saturated rings. The monoisotopic (exact) mass is 554 g/mol. The van der Waals surface area contributed by atoms with Crippen molar-refractivity contribution in [1.29, 1.82) is 0 Å². The van der Waals surface area contributed by atoms with E-state index in [1.807, 2.05) is 47.1 Å². The van der Waals surface area contributed by atoms with Crippen molar-refractivity contribution in [3.8, 4) is 11.5 Å². The molecule has 0 saturated carbocycles. The van der Waals surface area contributed by atoms with Gasteiger partial charge in [0.15, 0.2) is 17.3 Å². The van der Waals surface area contributed by atoms with Gasteiger partial charge >= 0.3 is 0 Å². The number of nitrogens with one attached hydrogen (secondary N) is 1. The van der Waals surface area contributed by atoms with Gasteiger partial charge in [0.05, 0.1) is 7.11 Å². The lowest BCUT2D eigenvalue weighted by molar-refractivity contribution is -0.116. The van der Waals surface area contributed by atoms with Crippen LogP contribution >= 0.6 is 27.7 Å². The summed E-state index contributed by atoms with van der Waals surface area (Å²) < 4.78 is 14.6. The highest BCUT2D eigenvalue weighted by Gasteiger charge is 2.37. The molecule has 2 aromatic carbocycles. The second-order valence-corrected chi connectivity index (χ2v) is 10.5. The molecule has 1 aromatic heterocycles. The van der Waals surface area contributed by atoms with E-state index in [9.17, 15) is 4.79 Å². The average Bonchev–Trinajstić information content (AvgIpc) is 3.27. The molecule has 0 radical (unpaired) electrons. The smallest absolute Gasteiger partial charge is 0.227 e. The predicted molar refractivity (Wildman–Crippen MR) is 140 cm³/mol. The van der Waals surface area contributed by atoms with Crippen LogP contribution < -0.4 is 14.8 Å². The van der Waals surface area contributed by atoms with Gasteiger partial charge in [-0.3, -0.25) is 4.79 Å². The normalized spacial score (nSPS) is 17.0. The summed E-state index contributed by atoms with van der Waals surface area (Å²) in [6.45, 7) is 2.55. The number of carbonyl (C=O) groups is 1. The Labute approximate surface area is 217 Å². The maximum absolute atomic E-state index is 13.1. The van der Waals surface area contributed by atoms with Crippen LogP contribution in [0, 0.1) is 0 Å². The molecule has 0 spiro atoms. The quantitative estimate of drug-likeness (QED) is 0.334. The van der Waals surface area contributed by atoms with Gasteiger partial charge in [-0.1, -0.05) is 52.8 Å². The summed E-state index contributed by atoms with van der Waals surface area (Å²) in [6, 6.07) is 13.5. The molecule has 9 heteroatoms. The van der Waals surface area contributed by atoms with Gasteiger partial charge in [-0.05, 0) is 54.7 Å². The first-order valence-corrected chi connectivity index (χ1v) is 13.5. The van der Waals surface area contributed by atoms with Crippen LogP contribution in [0.5, 0.6) is 11.5 Å². The largest absolute Gasteiger partial charge is 0.493 e. The molecule has 0 amide bonds. The van der Waals surface area contributed by atoms with E-state index < -0.39 is 0 Å². The number of hydrogen-bond acceptors (Lipinski definition) is 7. The number of rotatable bonds is 8. The summed E-state index contributed by atoms with van der Waals surface area (Å²) in [5, 5.41) is 8.88. The van der Waals surface area contributed by atoms with Crippen LogP contribution in [0.15, 0.2) is 63.4 Å².